The van der Waals surface area contributed by atoms with E-state index in [9.17, 15) is 9.00 Å². The maximum Gasteiger partial charge on any atom is 0.278 e. The summed E-state index contributed by atoms with van der Waals surface area (Å²) in [5.74, 6) is 1.10. The molecule has 0 amide bonds. The largest absolute Gasteiger partial charge is 0.377 e. The van der Waals surface area contributed by atoms with Gasteiger partial charge in [0.05, 0.1) is 19.8 Å². The lowest BCUT2D eigenvalue weighted by atomic mass is 9.81. The molecule has 0 bridgehead atoms. The normalized spacial score (nSPS) is 16.9. The van der Waals surface area contributed by atoms with Crippen molar-refractivity contribution in [1.29, 1.82) is 0 Å². The molecule has 0 fully saturated rings. The van der Waals surface area contributed by atoms with Crippen molar-refractivity contribution in [2.24, 2.45) is 4.36 Å². The summed E-state index contributed by atoms with van der Waals surface area (Å²) in [7, 11) is 1.88. The van der Waals surface area contributed by atoms with Gasteiger partial charge in [0.2, 0.25) is 5.95 Å². The predicted octanol–water partition coefficient (Wildman–Crippen LogP) is 4.49. The van der Waals surface area contributed by atoms with E-state index in [-0.39, 0.29) is 12.1 Å². The summed E-state index contributed by atoms with van der Waals surface area (Å²) in [5, 5.41) is 3.78. The Hall–Kier alpha value is -4.13. The topological polar surface area (TPSA) is 120 Å². The number of ether oxygens (including phenoxy) is 1. The second-order valence-corrected chi connectivity index (χ2v) is 14.3. The molecule has 1 aromatic carbocycles. The van der Waals surface area contributed by atoms with Crippen LogP contribution in [0.5, 0.6) is 0 Å². The Morgan fingerprint density at radius 2 is 2.07 bits per heavy atom. The third-order valence-electron chi connectivity index (χ3n) is 8.05. The molecule has 1 aliphatic carbocycles. The third kappa shape index (κ3) is 6.10. The van der Waals surface area contributed by atoms with Gasteiger partial charge in [0, 0.05) is 40.2 Å². The number of anilines is 2. The van der Waals surface area contributed by atoms with Gasteiger partial charge in [0.25, 0.3) is 5.56 Å². The molecule has 11 nitrogen and oxygen atoms in total. The van der Waals surface area contributed by atoms with Crippen molar-refractivity contribution in [2.75, 3.05) is 45.1 Å². The standard InChI is InChI=1S/C32H38N8O3S/c1-6-14-39-31(41)27-20-33-32(36-30(27)40(39)29-9-7-8-28(35-29)37-44(4,5)42)34-23-17-22-10-11-24(38(2)3)19-26(22)25(18-23)21-12-15-43-16-13-21/h6-9,12,17-18,20,24H,1,10-11,13-16,19H2,2-5H3,(H,33,34,36). The maximum absolute atomic E-state index is 13.4. The van der Waals surface area contributed by atoms with Crippen LogP contribution in [0.2, 0.25) is 0 Å². The fourth-order valence-corrected chi connectivity index (χ4v) is 6.52. The summed E-state index contributed by atoms with van der Waals surface area (Å²) < 4.78 is 25.4. The molecule has 1 N–H and O–H groups in total. The Morgan fingerprint density at radius 3 is 2.80 bits per heavy atom. The molecule has 3 aromatic heterocycles. The van der Waals surface area contributed by atoms with Gasteiger partial charge >= 0.3 is 0 Å². The quantitative estimate of drug-likeness (QED) is 0.289. The average Bonchev–Trinajstić information content (AvgIpc) is 3.26. The molecule has 0 saturated heterocycles. The predicted molar refractivity (Wildman–Crippen MR) is 176 cm³/mol. The minimum atomic E-state index is -2.43. The van der Waals surface area contributed by atoms with Crippen LogP contribution in [0.3, 0.4) is 0 Å². The third-order valence-corrected chi connectivity index (χ3v) is 8.68. The Balaban J connectivity index is 1.44. The number of likely N-dealkylation sites (N-methyl/N-ethyl adjacent to an activating group) is 1. The number of benzene rings is 1. The molecule has 230 valence electrons. The van der Waals surface area contributed by atoms with Gasteiger partial charge in [-0.15, -0.1) is 6.58 Å². The lowest BCUT2D eigenvalue weighted by molar-refractivity contribution is 0.161. The molecule has 4 heterocycles. The van der Waals surface area contributed by atoms with Gasteiger partial charge in [0.1, 0.15) is 5.39 Å². The zero-order valence-electron chi connectivity index (χ0n) is 25.6. The monoisotopic (exact) mass is 614 g/mol. The Morgan fingerprint density at radius 1 is 1.23 bits per heavy atom. The summed E-state index contributed by atoms with van der Waals surface area (Å²) in [6.07, 6.45) is 12.4. The molecular formula is C32H38N8O3S. The highest BCUT2D eigenvalue weighted by molar-refractivity contribution is 7.92. The number of aryl methyl sites for hydroxylation is 1. The van der Waals surface area contributed by atoms with E-state index in [1.54, 1.807) is 47.7 Å². The average molecular weight is 615 g/mol. The lowest BCUT2D eigenvalue weighted by Crippen LogP contribution is -2.34. The molecule has 1 aliphatic heterocycles. The molecule has 6 rings (SSSR count). The van der Waals surface area contributed by atoms with Crippen LogP contribution in [0.15, 0.2) is 64.4 Å². The molecule has 1 atom stereocenters. The molecule has 1 unspecified atom stereocenters. The minimum absolute atomic E-state index is 0.236. The zero-order chi connectivity index (χ0) is 31.0. The number of rotatable bonds is 8. The first-order chi connectivity index (χ1) is 21.1. The van der Waals surface area contributed by atoms with Crippen molar-refractivity contribution in [2.45, 2.75) is 38.3 Å². The van der Waals surface area contributed by atoms with Crippen molar-refractivity contribution in [3.05, 3.63) is 82.3 Å². The van der Waals surface area contributed by atoms with Crippen LogP contribution in [-0.2, 0) is 33.9 Å². The molecule has 12 heteroatoms. The van der Waals surface area contributed by atoms with Crippen molar-refractivity contribution >= 4 is 43.8 Å². The van der Waals surface area contributed by atoms with E-state index < -0.39 is 9.73 Å². The number of nitrogens with one attached hydrogen (secondary N) is 1. The van der Waals surface area contributed by atoms with E-state index in [1.807, 2.05) is 0 Å². The van der Waals surface area contributed by atoms with Crippen LogP contribution in [0.25, 0.3) is 22.4 Å². The van der Waals surface area contributed by atoms with Crippen LogP contribution in [0, 0.1) is 0 Å². The molecule has 4 aromatic rings. The SMILES string of the molecule is C=CCn1c(=O)c2cnc(Nc3cc4c(c(C5=CCOCC5)c3)CC(N(C)C)CC4)nc2n1-c1cccc(N=S(C)(C)=O)n1. The fraction of sp³-hybridized carbons (Fsp3) is 0.375. The molecule has 0 saturated carbocycles. The Bertz CT molecular complexity index is 1960. The van der Waals surface area contributed by atoms with E-state index in [4.69, 9.17) is 9.72 Å². The van der Waals surface area contributed by atoms with Gasteiger partial charge < -0.3 is 15.0 Å². The van der Waals surface area contributed by atoms with E-state index >= 15 is 0 Å². The first-order valence-electron chi connectivity index (χ1n) is 14.7. The molecule has 44 heavy (non-hydrogen) atoms. The van der Waals surface area contributed by atoms with Gasteiger partial charge in [-0.05, 0) is 86.3 Å². The lowest BCUT2D eigenvalue weighted by Gasteiger charge is -2.32. The second-order valence-electron chi connectivity index (χ2n) is 11.7. The summed E-state index contributed by atoms with van der Waals surface area (Å²) in [5.41, 5.74) is 6.33. The van der Waals surface area contributed by atoms with E-state index in [0.29, 0.717) is 47.9 Å². The number of hydrogen-bond donors (Lipinski definition) is 1. The number of nitrogens with zero attached hydrogens (tertiary/aromatic N) is 7. The summed E-state index contributed by atoms with van der Waals surface area (Å²) in [4.78, 5) is 29.7. The van der Waals surface area contributed by atoms with Crippen LogP contribution < -0.4 is 10.9 Å². The van der Waals surface area contributed by atoms with Gasteiger partial charge in [-0.3, -0.25) is 4.79 Å². The van der Waals surface area contributed by atoms with Crippen molar-refractivity contribution < 1.29 is 8.95 Å². The second kappa shape index (κ2) is 12.1. The van der Waals surface area contributed by atoms with Crippen molar-refractivity contribution in [3.63, 3.8) is 0 Å². The highest BCUT2D eigenvalue weighted by Gasteiger charge is 2.25. The Kier molecular flexibility index (Phi) is 8.23. The van der Waals surface area contributed by atoms with Crippen LogP contribution >= 0.6 is 0 Å². The van der Waals surface area contributed by atoms with E-state index in [2.05, 4.69) is 63.4 Å². The number of aromatic nitrogens is 5. The minimum Gasteiger partial charge on any atom is -0.377 e. The van der Waals surface area contributed by atoms with E-state index in [1.165, 1.54) is 26.9 Å². The van der Waals surface area contributed by atoms with Crippen molar-refractivity contribution in [3.8, 4) is 5.82 Å². The van der Waals surface area contributed by atoms with Gasteiger partial charge in [0.15, 0.2) is 17.3 Å². The molecule has 0 spiro atoms. The first-order valence-corrected chi connectivity index (χ1v) is 17.0. The molecule has 0 radical (unpaired) electrons. The summed E-state index contributed by atoms with van der Waals surface area (Å²) >= 11 is 0. The smallest absolute Gasteiger partial charge is 0.278 e. The first kappa shape index (κ1) is 29.9. The Labute approximate surface area is 257 Å². The number of fused-ring (bicyclic) bond motifs is 2. The van der Waals surface area contributed by atoms with Gasteiger partial charge in [-0.2, -0.15) is 9.35 Å². The summed E-state index contributed by atoms with van der Waals surface area (Å²) in [6, 6.07) is 10.1. The summed E-state index contributed by atoms with van der Waals surface area (Å²) in [6.45, 7) is 5.39. The van der Waals surface area contributed by atoms with Crippen LogP contribution in [-0.4, -0.2) is 79.3 Å². The van der Waals surface area contributed by atoms with Gasteiger partial charge in [-0.1, -0.05) is 18.2 Å². The fourth-order valence-electron chi connectivity index (χ4n) is 5.97. The number of hydrogen-bond acceptors (Lipinski definition) is 9. The van der Waals surface area contributed by atoms with Gasteiger partial charge in [-0.25, -0.2) is 23.5 Å². The molecule has 2 aliphatic rings. The molecular weight excluding hydrogens is 576 g/mol. The number of pyridine rings is 1. The highest BCUT2D eigenvalue weighted by atomic mass is 32.2. The zero-order valence-corrected chi connectivity index (χ0v) is 26.4. The maximum atomic E-state index is 13.4. The highest BCUT2D eigenvalue weighted by Crippen LogP contribution is 2.36. The van der Waals surface area contributed by atoms with E-state index in [0.717, 1.165) is 31.4 Å². The van der Waals surface area contributed by atoms with Crippen molar-refractivity contribution in [1.82, 2.24) is 29.2 Å². The number of allylic oxidation sites excluding steroid dienone is 1. The van der Waals surface area contributed by atoms with Crippen LogP contribution in [0.4, 0.5) is 17.5 Å². The van der Waals surface area contributed by atoms with Crippen LogP contribution in [0.1, 0.15) is 29.5 Å².